The molecule has 2 fully saturated rings. The second-order valence-corrected chi connectivity index (χ2v) is 7.43. The molecule has 8 nitrogen and oxygen atoms in total. The van der Waals surface area contributed by atoms with E-state index in [4.69, 9.17) is 4.74 Å². The lowest BCUT2D eigenvalue weighted by molar-refractivity contribution is -0.125. The van der Waals surface area contributed by atoms with E-state index in [1.807, 2.05) is 18.2 Å². The molecule has 1 saturated carbocycles. The fraction of sp³-hybridized carbons (Fsp3) is 0.526. The van der Waals surface area contributed by atoms with Gasteiger partial charge < -0.3 is 20.5 Å². The molecule has 1 aromatic heterocycles. The van der Waals surface area contributed by atoms with E-state index in [1.165, 1.54) is 23.9 Å². The van der Waals surface area contributed by atoms with Gasteiger partial charge in [0.25, 0.3) is 5.91 Å². The maximum atomic E-state index is 13.0. The molecule has 1 aliphatic heterocycles. The number of rotatable bonds is 6. The lowest BCUT2D eigenvalue weighted by Gasteiger charge is -2.26. The molecular weight excluding hydrogens is 348 g/mol. The largest absolute Gasteiger partial charge is 0.493 e. The maximum absolute atomic E-state index is 13.0. The van der Waals surface area contributed by atoms with Crippen LogP contribution >= 0.6 is 0 Å². The van der Waals surface area contributed by atoms with Gasteiger partial charge in [0.05, 0.1) is 24.1 Å². The van der Waals surface area contributed by atoms with E-state index in [-0.39, 0.29) is 5.91 Å². The van der Waals surface area contributed by atoms with Crippen molar-refractivity contribution in [2.45, 2.75) is 31.2 Å². The van der Waals surface area contributed by atoms with Crippen molar-refractivity contribution < 1.29 is 19.4 Å². The molecule has 144 valence electrons. The van der Waals surface area contributed by atoms with Crippen LogP contribution < -0.4 is 15.4 Å². The highest BCUT2D eigenvalue weighted by atomic mass is 16.5. The van der Waals surface area contributed by atoms with E-state index in [0.29, 0.717) is 47.8 Å². The monoisotopic (exact) mass is 372 g/mol. The van der Waals surface area contributed by atoms with Crippen LogP contribution in [0.4, 0.5) is 0 Å². The number of hydrogen-bond donors (Lipinski definition) is 3. The van der Waals surface area contributed by atoms with Gasteiger partial charge in [-0.1, -0.05) is 12.5 Å². The minimum atomic E-state index is -1.30. The van der Waals surface area contributed by atoms with Gasteiger partial charge in [-0.2, -0.15) is 5.10 Å². The Morgan fingerprint density at radius 2 is 2.30 bits per heavy atom. The van der Waals surface area contributed by atoms with Crippen LogP contribution in [0.15, 0.2) is 18.2 Å². The van der Waals surface area contributed by atoms with Crippen LogP contribution in [-0.4, -0.2) is 52.0 Å². The summed E-state index contributed by atoms with van der Waals surface area (Å²) in [4.78, 5) is 25.2. The zero-order chi connectivity index (χ0) is 19.0. The third-order valence-electron chi connectivity index (χ3n) is 5.63. The van der Waals surface area contributed by atoms with Gasteiger partial charge in [0.15, 0.2) is 0 Å². The van der Waals surface area contributed by atoms with Gasteiger partial charge in [-0.25, -0.2) is 0 Å². The Morgan fingerprint density at radius 1 is 1.48 bits per heavy atom. The predicted molar refractivity (Wildman–Crippen MR) is 98.5 cm³/mol. The molecule has 1 aliphatic carbocycles. The van der Waals surface area contributed by atoms with Crippen LogP contribution in [0.3, 0.4) is 0 Å². The second kappa shape index (κ2) is 6.84. The molecule has 4 rings (SSSR count). The van der Waals surface area contributed by atoms with Crippen molar-refractivity contribution in [2.75, 3.05) is 19.8 Å². The first-order valence-corrected chi connectivity index (χ1v) is 9.34. The van der Waals surface area contributed by atoms with Crippen molar-refractivity contribution >= 4 is 22.7 Å². The average Bonchev–Trinajstić information content (AvgIpc) is 3.13. The van der Waals surface area contributed by atoms with Crippen molar-refractivity contribution in [1.82, 2.24) is 20.4 Å². The standard InChI is InChI=1S/C19H24N4O4/c1-23-16(17(25)21-19(11-24)8-9-20-18(19)26)15-13(22-23)6-3-7-14(15)27-10-12-4-2-5-12/h3,6-7,12,24H,2,4-5,8-11H2,1H3,(H,20,26)(H,21,25). The summed E-state index contributed by atoms with van der Waals surface area (Å²) in [5, 5.41) is 20.2. The number of aliphatic hydroxyl groups is 1. The van der Waals surface area contributed by atoms with Gasteiger partial charge in [0, 0.05) is 13.6 Å². The molecule has 27 heavy (non-hydrogen) atoms. The van der Waals surface area contributed by atoms with Crippen LogP contribution in [0.25, 0.3) is 10.9 Å². The minimum Gasteiger partial charge on any atom is -0.493 e. The number of carbonyl (C=O) groups is 2. The highest BCUT2D eigenvalue weighted by Gasteiger charge is 2.44. The summed E-state index contributed by atoms with van der Waals surface area (Å²) in [5.41, 5.74) is -0.320. The zero-order valence-corrected chi connectivity index (χ0v) is 15.3. The first-order chi connectivity index (χ1) is 13.0. The first-order valence-electron chi connectivity index (χ1n) is 9.34. The van der Waals surface area contributed by atoms with Crippen LogP contribution in [0.2, 0.25) is 0 Å². The summed E-state index contributed by atoms with van der Waals surface area (Å²) >= 11 is 0. The second-order valence-electron chi connectivity index (χ2n) is 7.43. The average molecular weight is 372 g/mol. The van der Waals surface area contributed by atoms with Crippen LogP contribution in [-0.2, 0) is 11.8 Å². The lowest BCUT2D eigenvalue weighted by atomic mass is 9.86. The summed E-state index contributed by atoms with van der Waals surface area (Å²) in [5.74, 6) is 0.359. The Balaban J connectivity index is 1.66. The van der Waals surface area contributed by atoms with E-state index < -0.39 is 18.1 Å². The van der Waals surface area contributed by atoms with Crippen molar-refractivity contribution in [2.24, 2.45) is 13.0 Å². The fourth-order valence-corrected chi connectivity index (χ4v) is 3.72. The Morgan fingerprint density at radius 3 is 2.93 bits per heavy atom. The molecule has 0 bridgehead atoms. The molecule has 0 radical (unpaired) electrons. The van der Waals surface area contributed by atoms with Gasteiger partial charge in [0.2, 0.25) is 5.91 Å². The normalized spacial score (nSPS) is 22.5. The molecule has 1 saturated heterocycles. The Bertz CT molecular complexity index is 889. The molecular formula is C19H24N4O4. The Kier molecular flexibility index (Phi) is 4.51. The summed E-state index contributed by atoms with van der Waals surface area (Å²) < 4.78 is 7.50. The number of ether oxygens (including phenoxy) is 1. The maximum Gasteiger partial charge on any atom is 0.271 e. The highest BCUT2D eigenvalue weighted by molar-refractivity contribution is 6.09. The summed E-state index contributed by atoms with van der Waals surface area (Å²) in [6, 6.07) is 5.52. The Hall–Kier alpha value is -2.61. The predicted octanol–water partition coefficient (Wildman–Crippen LogP) is 0.733. The number of aromatic nitrogens is 2. The molecule has 3 N–H and O–H groups in total. The number of nitrogens with zero attached hydrogens (tertiary/aromatic N) is 2. The number of fused-ring (bicyclic) bond motifs is 1. The van der Waals surface area contributed by atoms with E-state index in [0.717, 1.165) is 0 Å². The number of benzene rings is 1. The highest BCUT2D eigenvalue weighted by Crippen LogP contribution is 2.32. The number of aliphatic hydroxyl groups excluding tert-OH is 1. The van der Waals surface area contributed by atoms with Crippen LogP contribution in [0.1, 0.15) is 36.2 Å². The molecule has 1 atom stereocenters. The molecule has 8 heteroatoms. The van der Waals surface area contributed by atoms with Crippen LogP contribution in [0, 0.1) is 5.92 Å². The first kappa shape index (κ1) is 17.8. The smallest absolute Gasteiger partial charge is 0.271 e. The molecule has 2 aromatic rings. The zero-order valence-electron chi connectivity index (χ0n) is 15.3. The third kappa shape index (κ3) is 3.03. The minimum absolute atomic E-state index is 0.321. The molecule has 1 unspecified atom stereocenters. The van der Waals surface area contributed by atoms with E-state index in [1.54, 1.807) is 7.05 Å². The van der Waals surface area contributed by atoms with Gasteiger partial charge in [-0.05, 0) is 37.3 Å². The molecule has 2 aliphatic rings. The number of nitrogens with one attached hydrogen (secondary N) is 2. The number of hydrogen-bond acceptors (Lipinski definition) is 5. The van der Waals surface area contributed by atoms with Gasteiger partial charge >= 0.3 is 0 Å². The molecule has 2 heterocycles. The summed E-state index contributed by atoms with van der Waals surface area (Å²) in [7, 11) is 1.69. The number of carbonyl (C=O) groups excluding carboxylic acids is 2. The van der Waals surface area contributed by atoms with Crippen molar-refractivity contribution in [3.8, 4) is 5.75 Å². The lowest BCUT2D eigenvalue weighted by Crippen LogP contribution is -2.56. The van der Waals surface area contributed by atoms with Crippen molar-refractivity contribution in [1.29, 1.82) is 0 Å². The number of amides is 2. The topological polar surface area (TPSA) is 105 Å². The van der Waals surface area contributed by atoms with Crippen molar-refractivity contribution in [3.05, 3.63) is 23.9 Å². The van der Waals surface area contributed by atoms with E-state index in [9.17, 15) is 14.7 Å². The molecule has 1 aromatic carbocycles. The van der Waals surface area contributed by atoms with Gasteiger partial charge in [-0.15, -0.1) is 0 Å². The van der Waals surface area contributed by atoms with E-state index in [2.05, 4.69) is 15.7 Å². The summed E-state index contributed by atoms with van der Waals surface area (Å²) in [6.07, 6.45) is 3.92. The van der Waals surface area contributed by atoms with Gasteiger partial charge in [-0.3, -0.25) is 14.3 Å². The summed E-state index contributed by atoms with van der Waals surface area (Å²) in [6.45, 7) is 0.588. The fourth-order valence-electron chi connectivity index (χ4n) is 3.72. The molecule has 2 amide bonds. The SMILES string of the molecule is Cn1nc2cccc(OCC3CCC3)c2c1C(=O)NC1(CO)CCNC1=O. The van der Waals surface area contributed by atoms with Crippen molar-refractivity contribution in [3.63, 3.8) is 0 Å². The Labute approximate surface area is 156 Å². The van der Waals surface area contributed by atoms with Crippen LogP contribution in [0.5, 0.6) is 5.75 Å². The molecule has 0 spiro atoms. The number of aryl methyl sites for hydroxylation is 1. The third-order valence-corrected chi connectivity index (χ3v) is 5.63. The van der Waals surface area contributed by atoms with Gasteiger partial charge in [0.1, 0.15) is 17.0 Å². The quantitative estimate of drug-likeness (QED) is 0.693. The van der Waals surface area contributed by atoms with E-state index >= 15 is 0 Å².